The maximum absolute atomic E-state index is 12.6. The lowest BCUT2D eigenvalue weighted by Crippen LogP contribution is -2.64. The molecule has 160 valence electrons. The van der Waals surface area contributed by atoms with Gasteiger partial charge >= 0.3 is 5.97 Å². The molecule has 1 aliphatic rings. The first-order valence-corrected chi connectivity index (χ1v) is 8.56. The molecule has 0 bridgehead atoms. The Kier molecular flexibility index (Phi) is 7.59. The van der Waals surface area contributed by atoms with Crippen LogP contribution in [0.3, 0.4) is 0 Å². The Hall–Kier alpha value is -2.64. The predicted molar refractivity (Wildman–Crippen MR) is 94.6 cm³/mol. The van der Waals surface area contributed by atoms with Crippen LogP contribution in [0.1, 0.15) is 22.8 Å². The van der Waals surface area contributed by atoms with Crippen molar-refractivity contribution in [3.63, 3.8) is 0 Å². The van der Waals surface area contributed by atoms with Crippen LogP contribution in [0.4, 0.5) is 5.69 Å². The average Bonchev–Trinajstić information content (AvgIpc) is 2.69. The van der Waals surface area contributed by atoms with Gasteiger partial charge in [0.1, 0.15) is 31.0 Å². The summed E-state index contributed by atoms with van der Waals surface area (Å²) in [5.74, 6) is -1.41. The fourth-order valence-corrected chi connectivity index (χ4v) is 2.85. The second-order valence-electron chi connectivity index (χ2n) is 6.32. The molecule has 0 aliphatic carbocycles. The summed E-state index contributed by atoms with van der Waals surface area (Å²) in [5, 5.41) is 43.1. The van der Waals surface area contributed by atoms with Gasteiger partial charge in [0, 0.05) is 25.7 Å². The first-order chi connectivity index (χ1) is 13.7. The highest BCUT2D eigenvalue weighted by Crippen LogP contribution is 2.24. The third-order valence-corrected chi connectivity index (χ3v) is 4.39. The monoisotopic (exact) mass is 414 g/mol. The molecule has 1 aliphatic heterocycles. The molecule has 5 unspecified atom stereocenters. The van der Waals surface area contributed by atoms with Crippen molar-refractivity contribution in [3.8, 4) is 0 Å². The number of hydrogen-bond acceptors (Lipinski definition) is 10. The summed E-state index contributed by atoms with van der Waals surface area (Å²) >= 11 is 0. The number of nitrogens with one attached hydrogen (secondary N) is 1. The van der Waals surface area contributed by atoms with Gasteiger partial charge in [0.25, 0.3) is 11.6 Å². The summed E-state index contributed by atoms with van der Waals surface area (Å²) in [7, 11) is 1.25. The fourth-order valence-electron chi connectivity index (χ4n) is 2.85. The van der Waals surface area contributed by atoms with E-state index < -0.39 is 59.7 Å². The predicted octanol–water partition coefficient (Wildman–Crippen LogP) is -1.16. The van der Waals surface area contributed by atoms with Crippen LogP contribution in [0, 0.1) is 10.1 Å². The van der Waals surface area contributed by atoms with E-state index in [1.807, 2.05) is 0 Å². The smallest absolute Gasteiger partial charge is 0.302 e. The second kappa shape index (κ2) is 9.71. The Morgan fingerprint density at radius 1 is 1.31 bits per heavy atom. The molecule has 2 rings (SSSR count). The minimum Gasteiger partial charge on any atom is -0.461 e. The lowest BCUT2D eigenvalue weighted by atomic mass is 9.96. The number of amides is 1. The van der Waals surface area contributed by atoms with Crippen LogP contribution in [0.5, 0.6) is 0 Å². The van der Waals surface area contributed by atoms with E-state index in [2.05, 4.69) is 5.32 Å². The molecule has 29 heavy (non-hydrogen) atoms. The van der Waals surface area contributed by atoms with E-state index in [1.54, 1.807) is 0 Å². The maximum Gasteiger partial charge on any atom is 0.302 e. The van der Waals surface area contributed by atoms with E-state index in [1.165, 1.54) is 19.2 Å². The molecule has 0 saturated carbocycles. The Labute approximate surface area is 165 Å². The first-order valence-electron chi connectivity index (χ1n) is 8.56. The number of esters is 1. The molecular weight excluding hydrogens is 392 g/mol. The standard InChI is InChI=1S/C17H22N2O10/c1-8(21)28-7-10-4-3-9(5-11(10)19(25)26)16(24)18-13-15(23)14(22)12(6-20)29-17(13)27-2/h3-5,12-15,17,20,22-23H,6-7H2,1-2H3,(H,18,24). The summed E-state index contributed by atoms with van der Waals surface area (Å²) in [4.78, 5) is 34.0. The third kappa shape index (κ3) is 5.25. The molecule has 1 heterocycles. The van der Waals surface area contributed by atoms with Crippen molar-refractivity contribution in [3.05, 3.63) is 39.4 Å². The van der Waals surface area contributed by atoms with Crippen LogP contribution < -0.4 is 5.32 Å². The summed E-state index contributed by atoms with van der Waals surface area (Å²) < 4.78 is 15.1. The number of rotatable bonds is 7. The molecule has 1 amide bonds. The first kappa shape index (κ1) is 22.6. The van der Waals surface area contributed by atoms with Crippen LogP contribution in [-0.2, 0) is 25.6 Å². The van der Waals surface area contributed by atoms with Crippen molar-refractivity contribution in [2.75, 3.05) is 13.7 Å². The molecule has 0 radical (unpaired) electrons. The highest BCUT2D eigenvalue weighted by molar-refractivity contribution is 5.95. The summed E-state index contributed by atoms with van der Waals surface area (Å²) in [6, 6.07) is 2.35. The lowest BCUT2D eigenvalue weighted by molar-refractivity contribution is -0.385. The van der Waals surface area contributed by atoms with Crippen LogP contribution >= 0.6 is 0 Å². The number of nitrogens with zero attached hydrogens (tertiary/aromatic N) is 1. The highest BCUT2D eigenvalue weighted by atomic mass is 16.7. The van der Waals surface area contributed by atoms with Gasteiger partial charge in [-0.15, -0.1) is 0 Å². The number of aliphatic hydroxyl groups excluding tert-OH is 3. The number of nitro groups is 1. The molecule has 1 fully saturated rings. The van der Waals surface area contributed by atoms with E-state index in [9.17, 15) is 35.0 Å². The number of aliphatic hydroxyl groups is 3. The summed E-state index contributed by atoms with van der Waals surface area (Å²) in [5.41, 5.74) is -0.439. The molecule has 5 atom stereocenters. The normalized spacial score (nSPS) is 26.6. The van der Waals surface area contributed by atoms with Gasteiger partial charge in [-0.05, 0) is 12.1 Å². The number of carbonyl (C=O) groups is 2. The zero-order valence-electron chi connectivity index (χ0n) is 15.7. The Morgan fingerprint density at radius 2 is 2.00 bits per heavy atom. The quantitative estimate of drug-likeness (QED) is 0.242. The molecular formula is C17H22N2O10. The summed E-state index contributed by atoms with van der Waals surface area (Å²) in [6.45, 7) is 0.255. The van der Waals surface area contributed by atoms with Gasteiger partial charge in [0.15, 0.2) is 6.29 Å². The Bertz CT molecular complexity index is 769. The fraction of sp³-hybridized carbons (Fsp3) is 0.529. The molecule has 12 heteroatoms. The number of methoxy groups -OCH3 is 1. The molecule has 1 aromatic rings. The van der Waals surface area contributed by atoms with Gasteiger partial charge < -0.3 is 34.8 Å². The number of hydrogen-bond donors (Lipinski definition) is 4. The van der Waals surface area contributed by atoms with Gasteiger partial charge in [0.05, 0.1) is 17.1 Å². The molecule has 12 nitrogen and oxygen atoms in total. The molecule has 1 saturated heterocycles. The average molecular weight is 414 g/mol. The number of ether oxygens (including phenoxy) is 3. The van der Waals surface area contributed by atoms with Crippen LogP contribution in [0.15, 0.2) is 18.2 Å². The van der Waals surface area contributed by atoms with Crippen molar-refractivity contribution >= 4 is 17.6 Å². The molecule has 4 N–H and O–H groups in total. The van der Waals surface area contributed by atoms with Gasteiger partial charge in [-0.2, -0.15) is 0 Å². The number of nitro benzene ring substituents is 1. The highest BCUT2D eigenvalue weighted by Gasteiger charge is 2.45. The van der Waals surface area contributed by atoms with Crippen molar-refractivity contribution in [2.45, 2.75) is 44.2 Å². The zero-order chi connectivity index (χ0) is 21.7. The van der Waals surface area contributed by atoms with Crippen molar-refractivity contribution in [1.82, 2.24) is 5.32 Å². The minimum absolute atomic E-state index is 0.0961. The Balaban J connectivity index is 2.22. The van der Waals surface area contributed by atoms with Crippen molar-refractivity contribution < 1.29 is 44.0 Å². The van der Waals surface area contributed by atoms with Gasteiger partial charge in [-0.3, -0.25) is 19.7 Å². The SMILES string of the molecule is COC1OC(CO)C(O)C(O)C1NC(=O)c1ccc(COC(C)=O)c([N+](=O)[O-])c1. The minimum atomic E-state index is -1.52. The molecule has 1 aromatic carbocycles. The zero-order valence-corrected chi connectivity index (χ0v) is 15.7. The van der Waals surface area contributed by atoms with Crippen molar-refractivity contribution in [2.24, 2.45) is 0 Å². The lowest BCUT2D eigenvalue weighted by Gasteiger charge is -2.41. The molecule has 0 aromatic heterocycles. The Morgan fingerprint density at radius 3 is 2.55 bits per heavy atom. The van der Waals surface area contributed by atoms with E-state index in [4.69, 9.17) is 14.2 Å². The van der Waals surface area contributed by atoms with E-state index in [0.29, 0.717) is 0 Å². The second-order valence-corrected chi connectivity index (χ2v) is 6.32. The molecule has 0 spiro atoms. The van der Waals surface area contributed by atoms with E-state index in [0.717, 1.165) is 13.0 Å². The van der Waals surface area contributed by atoms with Gasteiger partial charge in [0.2, 0.25) is 0 Å². The number of carbonyl (C=O) groups excluding carboxylic acids is 2. The van der Waals surface area contributed by atoms with Crippen LogP contribution in [0.2, 0.25) is 0 Å². The van der Waals surface area contributed by atoms with E-state index in [-0.39, 0.29) is 17.7 Å². The van der Waals surface area contributed by atoms with E-state index >= 15 is 0 Å². The topological polar surface area (TPSA) is 178 Å². The maximum atomic E-state index is 12.6. The summed E-state index contributed by atoms with van der Waals surface area (Å²) in [6.07, 6.45) is -5.29. The van der Waals surface area contributed by atoms with Gasteiger partial charge in [-0.25, -0.2) is 0 Å². The van der Waals surface area contributed by atoms with Gasteiger partial charge in [-0.1, -0.05) is 0 Å². The van der Waals surface area contributed by atoms with Crippen LogP contribution in [-0.4, -0.2) is 76.5 Å². The third-order valence-electron chi connectivity index (χ3n) is 4.39. The van der Waals surface area contributed by atoms with Crippen molar-refractivity contribution in [1.29, 1.82) is 0 Å². The number of benzene rings is 1. The largest absolute Gasteiger partial charge is 0.461 e. The van der Waals surface area contributed by atoms with Crippen LogP contribution in [0.25, 0.3) is 0 Å².